The molecule has 0 aliphatic heterocycles. The van der Waals surface area contributed by atoms with Crippen LogP contribution in [-0.4, -0.2) is 30.0 Å². The van der Waals surface area contributed by atoms with Gasteiger partial charge in [0.15, 0.2) is 0 Å². The summed E-state index contributed by atoms with van der Waals surface area (Å²) in [5, 5.41) is 3.98. The van der Waals surface area contributed by atoms with Crippen LogP contribution in [0.3, 0.4) is 0 Å². The number of nitrogens with one attached hydrogen (secondary N) is 2. The van der Waals surface area contributed by atoms with Gasteiger partial charge in [-0.05, 0) is 30.9 Å². The molecule has 1 saturated carbocycles. The summed E-state index contributed by atoms with van der Waals surface area (Å²) in [5.74, 6) is -0.0509. The summed E-state index contributed by atoms with van der Waals surface area (Å²) in [5.41, 5.74) is 1.43. The number of methoxy groups -OCH3 is 1. The van der Waals surface area contributed by atoms with Crippen molar-refractivity contribution in [2.45, 2.75) is 25.3 Å². The third kappa shape index (κ3) is 2.91. The number of hydrogen-bond acceptors (Lipinski definition) is 3. The van der Waals surface area contributed by atoms with Crippen molar-refractivity contribution in [2.24, 2.45) is 5.92 Å². The Balaban J connectivity index is 1.78. The highest BCUT2D eigenvalue weighted by Gasteiger charge is 2.34. The Hall–Kier alpha value is -2.30. The van der Waals surface area contributed by atoms with Crippen molar-refractivity contribution in [2.75, 3.05) is 7.11 Å². The molecule has 2 N–H and O–H groups in total. The van der Waals surface area contributed by atoms with Crippen molar-refractivity contribution in [3.05, 3.63) is 36.0 Å². The molecule has 1 aromatic carbocycles. The van der Waals surface area contributed by atoms with Gasteiger partial charge in [-0.2, -0.15) is 0 Å². The monoisotopic (exact) mass is 286 g/mol. The number of fused-ring (bicyclic) bond motifs is 1. The maximum absolute atomic E-state index is 12.5. The fraction of sp³-hybridized carbons (Fsp3) is 0.375. The van der Waals surface area contributed by atoms with E-state index in [1.165, 1.54) is 7.11 Å². The Kier molecular flexibility index (Phi) is 3.64. The minimum atomic E-state index is -0.287. The number of para-hydroxylation sites is 1. The smallest absolute Gasteiger partial charge is 0.307 e. The maximum Gasteiger partial charge on any atom is 0.307 e. The number of esters is 1. The number of aromatic nitrogens is 1. The third-order valence-electron chi connectivity index (χ3n) is 3.95. The van der Waals surface area contributed by atoms with Crippen LogP contribution in [0.4, 0.5) is 0 Å². The summed E-state index contributed by atoms with van der Waals surface area (Å²) < 4.78 is 4.71. The largest absolute Gasteiger partial charge is 0.469 e. The molecule has 1 amide bonds. The van der Waals surface area contributed by atoms with Crippen LogP contribution in [0.1, 0.15) is 29.6 Å². The van der Waals surface area contributed by atoms with Crippen LogP contribution in [0.15, 0.2) is 30.5 Å². The zero-order chi connectivity index (χ0) is 14.8. The predicted octanol–water partition coefficient (Wildman–Crippen LogP) is 2.24. The molecule has 2 aromatic rings. The van der Waals surface area contributed by atoms with Crippen LogP contribution in [0.5, 0.6) is 0 Å². The molecule has 0 spiro atoms. The number of hydrogen-bond donors (Lipinski definition) is 2. The summed E-state index contributed by atoms with van der Waals surface area (Å²) in [4.78, 5) is 27.0. The molecule has 0 saturated heterocycles. The molecule has 1 aliphatic carbocycles. The van der Waals surface area contributed by atoms with E-state index >= 15 is 0 Å². The number of amides is 1. The Morgan fingerprint density at radius 2 is 2.19 bits per heavy atom. The molecule has 1 heterocycles. The number of carbonyl (C=O) groups is 2. The Morgan fingerprint density at radius 1 is 1.38 bits per heavy atom. The van der Waals surface area contributed by atoms with Gasteiger partial charge in [-0.1, -0.05) is 12.1 Å². The van der Waals surface area contributed by atoms with E-state index < -0.39 is 0 Å². The molecule has 5 heteroatoms. The highest BCUT2D eigenvalue weighted by Crippen LogP contribution is 2.34. The predicted molar refractivity (Wildman–Crippen MR) is 78.9 cm³/mol. The SMILES string of the molecule is COC(=O)C[C@H](NC(=O)c1cccc2cc[nH]c12)C1CC1. The van der Waals surface area contributed by atoms with Gasteiger partial charge in [0, 0.05) is 17.6 Å². The molecular formula is C16H18N2O3. The lowest BCUT2D eigenvalue weighted by molar-refractivity contribution is -0.141. The summed E-state index contributed by atoms with van der Waals surface area (Å²) in [6.45, 7) is 0. The lowest BCUT2D eigenvalue weighted by Gasteiger charge is -2.17. The molecule has 1 fully saturated rings. The van der Waals surface area contributed by atoms with Crippen molar-refractivity contribution in [1.29, 1.82) is 0 Å². The summed E-state index contributed by atoms with van der Waals surface area (Å²) >= 11 is 0. The van der Waals surface area contributed by atoms with Gasteiger partial charge in [0.1, 0.15) is 0 Å². The first-order valence-electron chi connectivity index (χ1n) is 7.13. The summed E-state index contributed by atoms with van der Waals surface area (Å²) in [6.07, 6.45) is 4.14. The van der Waals surface area contributed by atoms with E-state index in [9.17, 15) is 9.59 Å². The minimum Gasteiger partial charge on any atom is -0.469 e. The molecule has 0 radical (unpaired) electrons. The fourth-order valence-electron chi connectivity index (χ4n) is 2.62. The van der Waals surface area contributed by atoms with Gasteiger partial charge in [-0.25, -0.2) is 0 Å². The standard InChI is InChI=1S/C16H18N2O3/c1-21-14(19)9-13(10-5-6-10)18-16(20)12-4-2-3-11-7-8-17-15(11)12/h2-4,7-8,10,13,17H,5-6,9H2,1H3,(H,18,20)/t13-/m0/s1. The number of ether oxygens (including phenoxy) is 1. The van der Waals surface area contributed by atoms with E-state index in [1.807, 2.05) is 24.4 Å². The van der Waals surface area contributed by atoms with Crippen molar-refractivity contribution in [3.63, 3.8) is 0 Å². The maximum atomic E-state index is 12.5. The van der Waals surface area contributed by atoms with Gasteiger partial charge >= 0.3 is 5.97 Å². The average molecular weight is 286 g/mol. The van der Waals surface area contributed by atoms with Gasteiger partial charge in [-0.15, -0.1) is 0 Å². The van der Waals surface area contributed by atoms with E-state index in [1.54, 1.807) is 6.07 Å². The number of rotatable bonds is 5. The van der Waals surface area contributed by atoms with Crippen LogP contribution in [0.25, 0.3) is 10.9 Å². The molecule has 1 atom stereocenters. The van der Waals surface area contributed by atoms with E-state index in [-0.39, 0.29) is 24.3 Å². The lowest BCUT2D eigenvalue weighted by Crippen LogP contribution is -2.38. The first kappa shape index (κ1) is 13.7. The molecule has 1 aliphatic rings. The van der Waals surface area contributed by atoms with Gasteiger partial charge in [-0.3, -0.25) is 9.59 Å². The van der Waals surface area contributed by atoms with Crippen LogP contribution >= 0.6 is 0 Å². The second kappa shape index (κ2) is 5.60. The zero-order valence-electron chi connectivity index (χ0n) is 11.9. The topological polar surface area (TPSA) is 71.2 Å². The summed E-state index contributed by atoms with van der Waals surface area (Å²) in [7, 11) is 1.37. The van der Waals surface area contributed by atoms with Crippen molar-refractivity contribution in [1.82, 2.24) is 10.3 Å². The minimum absolute atomic E-state index is 0.143. The van der Waals surface area contributed by atoms with E-state index in [0.29, 0.717) is 11.5 Å². The van der Waals surface area contributed by atoms with Crippen molar-refractivity contribution >= 4 is 22.8 Å². The molecule has 5 nitrogen and oxygen atoms in total. The van der Waals surface area contributed by atoms with E-state index in [4.69, 9.17) is 4.74 Å². The number of benzene rings is 1. The molecule has 110 valence electrons. The number of carbonyl (C=O) groups excluding carboxylic acids is 2. The molecule has 3 rings (SSSR count). The molecule has 0 unspecified atom stereocenters. The van der Waals surface area contributed by atoms with Crippen LogP contribution in [0, 0.1) is 5.92 Å². The molecular weight excluding hydrogens is 268 g/mol. The average Bonchev–Trinajstić information content (AvgIpc) is 3.22. The van der Waals surface area contributed by atoms with Crippen molar-refractivity contribution < 1.29 is 14.3 Å². The molecule has 1 aromatic heterocycles. The van der Waals surface area contributed by atoms with Gasteiger partial charge in [0.2, 0.25) is 0 Å². The van der Waals surface area contributed by atoms with E-state index in [2.05, 4.69) is 10.3 Å². The highest BCUT2D eigenvalue weighted by atomic mass is 16.5. The first-order chi connectivity index (χ1) is 10.2. The van der Waals surface area contributed by atoms with Gasteiger partial charge in [0.25, 0.3) is 5.91 Å². The lowest BCUT2D eigenvalue weighted by atomic mass is 10.1. The highest BCUT2D eigenvalue weighted by molar-refractivity contribution is 6.05. The summed E-state index contributed by atoms with van der Waals surface area (Å²) in [6, 6.07) is 7.39. The normalized spacial score (nSPS) is 15.7. The Labute approximate surface area is 122 Å². The van der Waals surface area contributed by atoms with Crippen LogP contribution < -0.4 is 5.32 Å². The Morgan fingerprint density at radius 3 is 2.90 bits per heavy atom. The van der Waals surface area contributed by atoms with Gasteiger partial charge in [0.05, 0.1) is 24.6 Å². The first-order valence-corrected chi connectivity index (χ1v) is 7.13. The van der Waals surface area contributed by atoms with Gasteiger partial charge < -0.3 is 15.0 Å². The quantitative estimate of drug-likeness (QED) is 0.828. The second-order valence-corrected chi connectivity index (χ2v) is 5.45. The van der Waals surface area contributed by atoms with E-state index in [0.717, 1.165) is 23.7 Å². The molecule has 0 bridgehead atoms. The number of H-pyrrole nitrogens is 1. The fourth-order valence-corrected chi connectivity index (χ4v) is 2.62. The van der Waals surface area contributed by atoms with Crippen molar-refractivity contribution in [3.8, 4) is 0 Å². The molecule has 21 heavy (non-hydrogen) atoms. The Bertz CT molecular complexity index is 673. The van der Waals surface area contributed by atoms with Crippen LogP contribution in [-0.2, 0) is 9.53 Å². The zero-order valence-corrected chi connectivity index (χ0v) is 11.9. The second-order valence-electron chi connectivity index (χ2n) is 5.45. The number of aromatic amines is 1. The third-order valence-corrected chi connectivity index (χ3v) is 3.95. The van der Waals surface area contributed by atoms with Crippen LogP contribution in [0.2, 0.25) is 0 Å².